The van der Waals surface area contributed by atoms with Gasteiger partial charge in [-0.1, -0.05) is 32.0 Å². The molecule has 0 spiro atoms. The van der Waals surface area contributed by atoms with Gasteiger partial charge < -0.3 is 5.73 Å². The van der Waals surface area contributed by atoms with Gasteiger partial charge in [0.2, 0.25) is 5.78 Å². The molecule has 0 aliphatic rings. The Labute approximate surface area is 123 Å². The van der Waals surface area contributed by atoms with Crippen LogP contribution in [-0.4, -0.2) is 17.3 Å². The summed E-state index contributed by atoms with van der Waals surface area (Å²) in [6, 6.07) is 7.84. The van der Waals surface area contributed by atoms with Gasteiger partial charge in [-0.3, -0.25) is 4.79 Å². The number of rotatable bonds is 6. The summed E-state index contributed by atoms with van der Waals surface area (Å²) in [5, 5.41) is 2.75. The maximum absolute atomic E-state index is 12.4. The largest absolute Gasteiger partial charge is 0.330 e. The third kappa shape index (κ3) is 3.74. The molecule has 0 fully saturated rings. The van der Waals surface area contributed by atoms with Crippen molar-refractivity contribution in [3.8, 4) is 0 Å². The lowest BCUT2D eigenvalue weighted by Crippen LogP contribution is -2.05. The first-order chi connectivity index (χ1) is 9.60. The molecule has 106 valence electrons. The maximum atomic E-state index is 12.4. The monoisotopic (exact) mass is 288 g/mol. The Hall–Kier alpha value is -1.52. The molecule has 0 amide bonds. The molecule has 1 aromatic carbocycles. The van der Waals surface area contributed by atoms with Gasteiger partial charge in [-0.2, -0.15) is 0 Å². The Morgan fingerprint density at radius 1 is 1.40 bits per heavy atom. The average molecular weight is 288 g/mol. The summed E-state index contributed by atoms with van der Waals surface area (Å²) in [4.78, 5) is 16.8. The zero-order chi connectivity index (χ0) is 14.5. The molecule has 0 aliphatic heterocycles. The number of aromatic nitrogens is 1. The lowest BCUT2D eigenvalue weighted by atomic mass is 9.99. The van der Waals surface area contributed by atoms with Gasteiger partial charge in [-0.15, -0.1) is 11.3 Å². The van der Waals surface area contributed by atoms with E-state index in [1.54, 1.807) is 0 Å². The predicted molar refractivity (Wildman–Crippen MR) is 83.3 cm³/mol. The maximum Gasteiger partial charge on any atom is 0.212 e. The van der Waals surface area contributed by atoms with Crippen molar-refractivity contribution < 1.29 is 4.79 Å². The zero-order valence-electron chi connectivity index (χ0n) is 11.9. The van der Waals surface area contributed by atoms with E-state index in [0.29, 0.717) is 23.7 Å². The van der Waals surface area contributed by atoms with Crippen molar-refractivity contribution in [1.82, 2.24) is 4.98 Å². The third-order valence-corrected chi connectivity index (χ3v) is 3.88. The van der Waals surface area contributed by atoms with E-state index in [2.05, 4.69) is 24.9 Å². The molecule has 20 heavy (non-hydrogen) atoms. The highest BCUT2D eigenvalue weighted by molar-refractivity contribution is 7.09. The molecule has 1 aromatic heterocycles. The number of thiazole rings is 1. The van der Waals surface area contributed by atoms with Crippen LogP contribution in [-0.2, 0) is 12.8 Å². The Kier molecular flexibility index (Phi) is 5.04. The fraction of sp³-hybridized carbons (Fsp3) is 0.375. The van der Waals surface area contributed by atoms with E-state index in [-0.39, 0.29) is 5.78 Å². The zero-order valence-corrected chi connectivity index (χ0v) is 12.7. The standard InChI is InChI=1S/C16H20N2OS/c1-11(2)8-12-4-3-5-13(9-12)16(19)14-10-20-15(18-14)6-7-17/h3-5,9-11H,6-8,17H2,1-2H3. The van der Waals surface area contributed by atoms with Crippen molar-refractivity contribution in [3.63, 3.8) is 0 Å². The van der Waals surface area contributed by atoms with Crippen LogP contribution in [0.15, 0.2) is 29.6 Å². The van der Waals surface area contributed by atoms with Gasteiger partial charge >= 0.3 is 0 Å². The van der Waals surface area contributed by atoms with Crippen LogP contribution >= 0.6 is 11.3 Å². The lowest BCUT2D eigenvalue weighted by molar-refractivity contribution is 0.103. The summed E-state index contributed by atoms with van der Waals surface area (Å²) >= 11 is 1.50. The molecule has 0 atom stereocenters. The van der Waals surface area contributed by atoms with Crippen LogP contribution in [0, 0.1) is 5.92 Å². The first-order valence-corrected chi connectivity index (χ1v) is 7.76. The lowest BCUT2D eigenvalue weighted by Gasteiger charge is -2.06. The van der Waals surface area contributed by atoms with Gasteiger partial charge in [0.25, 0.3) is 0 Å². The molecule has 2 rings (SSSR count). The highest BCUT2D eigenvalue weighted by Gasteiger charge is 2.13. The molecule has 1 heterocycles. The minimum Gasteiger partial charge on any atom is -0.330 e. The minimum absolute atomic E-state index is 0.00451. The molecule has 0 saturated heterocycles. The van der Waals surface area contributed by atoms with Gasteiger partial charge in [0.15, 0.2) is 0 Å². The predicted octanol–water partition coefficient (Wildman–Crippen LogP) is 3.07. The van der Waals surface area contributed by atoms with E-state index in [4.69, 9.17) is 5.73 Å². The van der Waals surface area contributed by atoms with Crippen LogP contribution in [0.5, 0.6) is 0 Å². The topological polar surface area (TPSA) is 56.0 Å². The fourth-order valence-corrected chi connectivity index (χ4v) is 2.91. The molecule has 0 aliphatic carbocycles. The SMILES string of the molecule is CC(C)Cc1cccc(C(=O)c2csc(CCN)n2)c1. The van der Waals surface area contributed by atoms with E-state index in [0.717, 1.165) is 17.8 Å². The first kappa shape index (κ1) is 14.9. The van der Waals surface area contributed by atoms with Gasteiger partial charge in [0, 0.05) is 17.4 Å². The number of hydrogen-bond acceptors (Lipinski definition) is 4. The summed E-state index contributed by atoms with van der Waals surface area (Å²) < 4.78 is 0. The third-order valence-electron chi connectivity index (χ3n) is 2.98. The smallest absolute Gasteiger partial charge is 0.212 e. The molecule has 0 saturated carbocycles. The van der Waals surface area contributed by atoms with Crippen molar-refractivity contribution >= 4 is 17.1 Å². The number of hydrogen-bond donors (Lipinski definition) is 1. The average Bonchev–Trinajstić information content (AvgIpc) is 2.86. The number of carbonyl (C=O) groups excluding carboxylic acids is 1. The highest BCUT2D eigenvalue weighted by atomic mass is 32.1. The quantitative estimate of drug-likeness (QED) is 0.831. The second kappa shape index (κ2) is 6.77. The summed E-state index contributed by atoms with van der Waals surface area (Å²) in [5.74, 6) is 0.575. The van der Waals surface area contributed by atoms with E-state index in [1.807, 2.05) is 23.6 Å². The van der Waals surface area contributed by atoms with Crippen molar-refractivity contribution in [2.75, 3.05) is 6.54 Å². The van der Waals surface area contributed by atoms with Gasteiger partial charge in [-0.25, -0.2) is 4.98 Å². The number of ketones is 1. The Morgan fingerprint density at radius 2 is 2.20 bits per heavy atom. The van der Waals surface area contributed by atoms with Crippen LogP contribution in [0.2, 0.25) is 0 Å². The van der Waals surface area contributed by atoms with Crippen LogP contribution < -0.4 is 5.73 Å². The van der Waals surface area contributed by atoms with Crippen molar-refractivity contribution in [2.45, 2.75) is 26.7 Å². The molecule has 0 unspecified atom stereocenters. The molecule has 2 N–H and O–H groups in total. The molecule has 2 aromatic rings. The van der Waals surface area contributed by atoms with Gasteiger partial charge in [-0.05, 0) is 30.5 Å². The van der Waals surface area contributed by atoms with Crippen LogP contribution in [0.25, 0.3) is 0 Å². The molecule has 3 nitrogen and oxygen atoms in total. The van der Waals surface area contributed by atoms with E-state index in [1.165, 1.54) is 16.9 Å². The number of nitrogens with two attached hydrogens (primary N) is 1. The fourth-order valence-electron chi connectivity index (χ4n) is 2.11. The van der Waals surface area contributed by atoms with Crippen LogP contribution in [0.1, 0.15) is 40.5 Å². The van der Waals surface area contributed by atoms with Gasteiger partial charge in [0.1, 0.15) is 5.69 Å². The number of benzene rings is 1. The summed E-state index contributed by atoms with van der Waals surface area (Å²) in [5.41, 5.74) is 7.95. The Balaban J connectivity index is 2.19. The molecule has 0 radical (unpaired) electrons. The van der Waals surface area contributed by atoms with Crippen LogP contribution in [0.3, 0.4) is 0 Å². The first-order valence-electron chi connectivity index (χ1n) is 6.88. The summed E-state index contributed by atoms with van der Waals surface area (Å²) in [6.45, 7) is 4.91. The molecular weight excluding hydrogens is 268 g/mol. The highest BCUT2D eigenvalue weighted by Crippen LogP contribution is 2.17. The van der Waals surface area contributed by atoms with E-state index in [9.17, 15) is 4.79 Å². The van der Waals surface area contributed by atoms with E-state index >= 15 is 0 Å². The second-order valence-corrected chi connectivity index (χ2v) is 6.24. The summed E-state index contributed by atoms with van der Waals surface area (Å²) in [6.07, 6.45) is 1.71. The minimum atomic E-state index is -0.00451. The number of nitrogens with zero attached hydrogens (tertiary/aromatic N) is 1. The summed E-state index contributed by atoms with van der Waals surface area (Å²) in [7, 11) is 0. The van der Waals surface area contributed by atoms with E-state index < -0.39 is 0 Å². The Bertz CT molecular complexity index is 590. The van der Waals surface area contributed by atoms with Crippen molar-refractivity contribution in [3.05, 3.63) is 51.5 Å². The molecular formula is C16H20N2OS. The number of carbonyl (C=O) groups is 1. The molecule has 4 heteroatoms. The van der Waals surface area contributed by atoms with Gasteiger partial charge in [0.05, 0.1) is 5.01 Å². The molecule has 0 bridgehead atoms. The normalized spacial score (nSPS) is 11.0. The second-order valence-electron chi connectivity index (χ2n) is 5.29. The van der Waals surface area contributed by atoms with Crippen molar-refractivity contribution in [2.24, 2.45) is 11.7 Å². The van der Waals surface area contributed by atoms with Crippen molar-refractivity contribution in [1.29, 1.82) is 0 Å². The Morgan fingerprint density at radius 3 is 2.90 bits per heavy atom. The van der Waals surface area contributed by atoms with Crippen LogP contribution in [0.4, 0.5) is 0 Å².